The maximum absolute atomic E-state index is 14.1. The van der Waals surface area contributed by atoms with E-state index in [2.05, 4.69) is 5.32 Å². The Labute approximate surface area is 202 Å². The van der Waals surface area contributed by atoms with Gasteiger partial charge in [-0.1, -0.05) is 6.07 Å². The molecule has 0 aliphatic rings. The number of hydrogen-bond donors (Lipinski definition) is 2. The number of anilines is 2. The molecule has 0 fully saturated rings. The highest BCUT2D eigenvalue weighted by atomic mass is 32.2. The average Bonchev–Trinajstić information content (AvgIpc) is 2.80. The Morgan fingerprint density at radius 1 is 0.833 bits per heavy atom. The zero-order chi connectivity index (χ0) is 26.8. The second-order valence-corrected chi connectivity index (χ2v) is 8.66. The van der Waals surface area contributed by atoms with Gasteiger partial charge < -0.3 is 10.6 Å². The molecule has 4 nitrogen and oxygen atoms in total. The largest absolute Gasteiger partial charge is 0.422 e. The zero-order valence-corrected chi connectivity index (χ0v) is 18.8. The van der Waals surface area contributed by atoms with Gasteiger partial charge in [0.05, 0.1) is 5.25 Å². The minimum atomic E-state index is -5.71. The molecule has 2 N–H and O–H groups in total. The molecule has 0 heterocycles. The molecule has 2 amide bonds. The summed E-state index contributed by atoms with van der Waals surface area (Å²) in [5.74, 6) is -12.5. The number of carbonyl (C=O) groups is 2. The van der Waals surface area contributed by atoms with Gasteiger partial charge >= 0.3 is 6.18 Å². The van der Waals surface area contributed by atoms with Crippen LogP contribution < -0.4 is 10.6 Å². The number of thioether (sulfide) groups is 1. The SMILES string of the molecule is CC(Sc1cccc(NC(=O)c2ccc(F)cc2)c1)C(=O)Nc1c(F)c(F)c(C(F)(F)F)c(F)c1F. The lowest BCUT2D eigenvalue weighted by Gasteiger charge is -2.16. The number of amides is 2. The molecule has 0 aliphatic heterocycles. The molecule has 36 heavy (non-hydrogen) atoms. The Balaban J connectivity index is 1.73. The van der Waals surface area contributed by atoms with Crippen molar-refractivity contribution in [1.29, 1.82) is 0 Å². The van der Waals surface area contributed by atoms with Crippen molar-refractivity contribution in [2.45, 2.75) is 23.2 Å². The van der Waals surface area contributed by atoms with Crippen LogP contribution in [0.25, 0.3) is 0 Å². The summed E-state index contributed by atoms with van der Waals surface area (Å²) in [6.45, 7) is 1.26. The number of alkyl halides is 3. The molecule has 0 saturated heterocycles. The third-order valence-corrected chi connectivity index (χ3v) is 5.77. The first-order valence-corrected chi connectivity index (χ1v) is 10.7. The monoisotopic (exact) mass is 534 g/mol. The summed E-state index contributed by atoms with van der Waals surface area (Å²) in [5, 5.41) is 2.98. The van der Waals surface area contributed by atoms with E-state index in [1.54, 1.807) is 5.32 Å². The van der Waals surface area contributed by atoms with E-state index in [4.69, 9.17) is 0 Å². The molecule has 3 aromatic carbocycles. The van der Waals surface area contributed by atoms with Crippen LogP contribution in [0.15, 0.2) is 53.4 Å². The van der Waals surface area contributed by atoms with Crippen LogP contribution in [0.2, 0.25) is 0 Å². The molecule has 0 spiro atoms. The minimum Gasteiger partial charge on any atom is -0.322 e. The molecule has 0 aliphatic carbocycles. The van der Waals surface area contributed by atoms with Crippen LogP contribution in [-0.2, 0) is 11.0 Å². The Morgan fingerprint density at radius 3 is 1.97 bits per heavy atom. The highest BCUT2D eigenvalue weighted by molar-refractivity contribution is 8.00. The predicted molar refractivity (Wildman–Crippen MR) is 116 cm³/mol. The molecule has 1 unspecified atom stereocenters. The molecule has 3 aromatic rings. The van der Waals surface area contributed by atoms with Crippen molar-refractivity contribution in [3.05, 3.63) is 88.7 Å². The zero-order valence-electron chi connectivity index (χ0n) is 17.9. The second-order valence-electron chi connectivity index (χ2n) is 7.24. The van der Waals surface area contributed by atoms with Crippen LogP contribution in [0.5, 0.6) is 0 Å². The molecule has 0 radical (unpaired) electrons. The molecular formula is C23H14F8N2O2S. The van der Waals surface area contributed by atoms with Crippen LogP contribution in [0.4, 0.5) is 46.5 Å². The van der Waals surface area contributed by atoms with Crippen LogP contribution >= 0.6 is 11.8 Å². The van der Waals surface area contributed by atoms with E-state index in [-0.39, 0.29) is 11.3 Å². The summed E-state index contributed by atoms with van der Waals surface area (Å²) >= 11 is 0.812. The van der Waals surface area contributed by atoms with E-state index in [1.807, 2.05) is 0 Å². The lowest BCUT2D eigenvalue weighted by atomic mass is 10.1. The van der Waals surface area contributed by atoms with Crippen molar-refractivity contribution < 1.29 is 44.7 Å². The van der Waals surface area contributed by atoms with Crippen molar-refractivity contribution >= 4 is 35.0 Å². The van der Waals surface area contributed by atoms with E-state index >= 15 is 0 Å². The van der Waals surface area contributed by atoms with Crippen molar-refractivity contribution in [3.63, 3.8) is 0 Å². The summed E-state index contributed by atoms with van der Waals surface area (Å²) in [6.07, 6.45) is -5.71. The van der Waals surface area contributed by atoms with Crippen molar-refractivity contribution in [2.24, 2.45) is 0 Å². The van der Waals surface area contributed by atoms with Gasteiger partial charge in [-0.05, 0) is 49.4 Å². The van der Waals surface area contributed by atoms with Gasteiger partial charge in [0, 0.05) is 16.1 Å². The van der Waals surface area contributed by atoms with Gasteiger partial charge in [0.2, 0.25) is 5.91 Å². The second kappa shape index (κ2) is 10.6. The molecule has 0 aromatic heterocycles. The number of nitrogens with one attached hydrogen (secondary N) is 2. The fourth-order valence-corrected chi connectivity index (χ4v) is 3.85. The summed E-state index contributed by atoms with van der Waals surface area (Å²) < 4.78 is 107. The highest BCUT2D eigenvalue weighted by Crippen LogP contribution is 2.38. The summed E-state index contributed by atoms with van der Waals surface area (Å²) in [6, 6.07) is 10.7. The molecule has 0 bridgehead atoms. The maximum atomic E-state index is 14.1. The first-order chi connectivity index (χ1) is 16.8. The number of halogens is 8. The normalized spacial score (nSPS) is 12.2. The van der Waals surface area contributed by atoms with Gasteiger partial charge in [0.1, 0.15) is 17.1 Å². The topological polar surface area (TPSA) is 58.2 Å². The lowest BCUT2D eigenvalue weighted by Crippen LogP contribution is -2.25. The number of carbonyl (C=O) groups excluding carboxylic acids is 2. The molecule has 0 saturated carbocycles. The fourth-order valence-electron chi connectivity index (χ4n) is 2.92. The van der Waals surface area contributed by atoms with Gasteiger partial charge in [0.25, 0.3) is 5.91 Å². The smallest absolute Gasteiger partial charge is 0.322 e. The van der Waals surface area contributed by atoms with Crippen molar-refractivity contribution in [2.75, 3.05) is 10.6 Å². The predicted octanol–water partition coefficient (Wildman–Crippen LogP) is 6.77. The molecule has 1 atom stereocenters. The fraction of sp³-hybridized carbons (Fsp3) is 0.130. The summed E-state index contributed by atoms with van der Waals surface area (Å²) in [4.78, 5) is 25.0. The van der Waals surface area contributed by atoms with Crippen LogP contribution in [-0.4, -0.2) is 17.1 Å². The summed E-state index contributed by atoms with van der Waals surface area (Å²) in [7, 11) is 0. The molecule has 190 valence electrons. The van der Waals surface area contributed by atoms with Gasteiger partial charge in [-0.3, -0.25) is 9.59 Å². The number of rotatable bonds is 6. The van der Waals surface area contributed by atoms with E-state index in [9.17, 15) is 44.7 Å². The molecule has 3 rings (SSSR count). The standard InChI is InChI=1S/C23H14F8N2O2S/c1-10(21(34)33-20-18(27)16(25)15(23(29,30)31)17(26)19(20)28)36-14-4-2-3-13(9-14)32-22(35)11-5-7-12(24)8-6-11/h2-10H,1H3,(H,32,35)(H,33,34). The maximum Gasteiger partial charge on any atom is 0.422 e. The van der Waals surface area contributed by atoms with E-state index in [0.717, 1.165) is 23.9 Å². The molecule has 13 heteroatoms. The Morgan fingerprint density at radius 2 is 1.42 bits per heavy atom. The average molecular weight is 534 g/mol. The minimum absolute atomic E-state index is 0.169. The third-order valence-electron chi connectivity index (χ3n) is 4.68. The van der Waals surface area contributed by atoms with Crippen LogP contribution in [0.1, 0.15) is 22.8 Å². The highest BCUT2D eigenvalue weighted by Gasteiger charge is 2.42. The first-order valence-electron chi connectivity index (χ1n) is 9.87. The van der Waals surface area contributed by atoms with Gasteiger partial charge in [-0.2, -0.15) is 13.2 Å². The Bertz CT molecular complexity index is 1280. The molecular weight excluding hydrogens is 520 g/mol. The Hall–Kier alpha value is -3.61. The van der Waals surface area contributed by atoms with Crippen LogP contribution in [0.3, 0.4) is 0 Å². The Kier molecular flexibility index (Phi) is 7.92. The van der Waals surface area contributed by atoms with Crippen LogP contribution in [0, 0.1) is 29.1 Å². The van der Waals surface area contributed by atoms with Crippen molar-refractivity contribution in [1.82, 2.24) is 0 Å². The number of benzene rings is 3. The van der Waals surface area contributed by atoms with E-state index in [1.165, 1.54) is 43.3 Å². The number of hydrogen-bond acceptors (Lipinski definition) is 3. The van der Waals surface area contributed by atoms with Gasteiger partial charge in [-0.15, -0.1) is 11.8 Å². The third kappa shape index (κ3) is 5.96. The van der Waals surface area contributed by atoms with Gasteiger partial charge in [0.15, 0.2) is 23.3 Å². The first kappa shape index (κ1) is 27.0. The van der Waals surface area contributed by atoms with Crippen molar-refractivity contribution in [3.8, 4) is 0 Å². The summed E-state index contributed by atoms with van der Waals surface area (Å²) in [5.41, 5.74) is -4.00. The van der Waals surface area contributed by atoms with E-state index < -0.39 is 63.6 Å². The quantitative estimate of drug-likeness (QED) is 0.209. The van der Waals surface area contributed by atoms with E-state index in [0.29, 0.717) is 4.90 Å². The lowest BCUT2D eigenvalue weighted by molar-refractivity contribution is -0.143. The van der Waals surface area contributed by atoms with Gasteiger partial charge in [-0.25, -0.2) is 22.0 Å².